The molecule has 0 saturated heterocycles. The van der Waals surface area contributed by atoms with Crippen molar-refractivity contribution in [2.75, 3.05) is 11.5 Å². The number of carbonyl (C=O) groups is 1. The fraction of sp³-hybridized carbons (Fsp3) is 0.909. The van der Waals surface area contributed by atoms with Crippen molar-refractivity contribution in [3.8, 4) is 0 Å². The van der Waals surface area contributed by atoms with Crippen molar-refractivity contribution >= 4 is 17.5 Å². The number of rotatable bonds is 9. The molecule has 78 valence electrons. The summed E-state index contributed by atoms with van der Waals surface area (Å²) in [6, 6.07) is 0. The predicted molar refractivity (Wildman–Crippen MR) is 61.4 cm³/mol. The predicted octanol–water partition coefficient (Wildman–Crippen LogP) is 3.67. The summed E-state index contributed by atoms with van der Waals surface area (Å²) in [5.74, 6) is 2.57. The van der Waals surface area contributed by atoms with Gasteiger partial charge in [-0.1, -0.05) is 32.6 Å². The molecule has 13 heavy (non-hydrogen) atoms. The summed E-state index contributed by atoms with van der Waals surface area (Å²) in [6.07, 6.45) is 7.50. The van der Waals surface area contributed by atoms with Crippen LogP contribution >= 0.6 is 11.8 Å². The summed E-state index contributed by atoms with van der Waals surface area (Å²) < 4.78 is 0. The fourth-order valence-electron chi connectivity index (χ4n) is 1.13. The van der Waals surface area contributed by atoms with E-state index in [0.717, 1.165) is 12.2 Å². The van der Waals surface area contributed by atoms with Crippen LogP contribution in [-0.4, -0.2) is 17.3 Å². The molecule has 0 heterocycles. The third-order valence-corrected chi connectivity index (χ3v) is 3.06. The Labute approximate surface area is 86.7 Å². The lowest BCUT2D eigenvalue weighted by atomic mass is 10.2. The number of Topliss-reactive ketones (excluding diaryl/α,β-unsaturated/α-hetero) is 1. The van der Waals surface area contributed by atoms with Gasteiger partial charge in [0.1, 0.15) is 5.78 Å². The van der Waals surface area contributed by atoms with E-state index in [0.29, 0.717) is 5.78 Å². The van der Waals surface area contributed by atoms with Gasteiger partial charge < -0.3 is 0 Å². The molecule has 0 bridgehead atoms. The molecular formula is C11H22OS. The summed E-state index contributed by atoms with van der Waals surface area (Å²) in [6.45, 7) is 3.91. The monoisotopic (exact) mass is 202 g/mol. The van der Waals surface area contributed by atoms with Gasteiger partial charge in [-0.3, -0.25) is 4.79 Å². The van der Waals surface area contributed by atoms with E-state index in [9.17, 15) is 4.79 Å². The maximum atomic E-state index is 10.6. The van der Waals surface area contributed by atoms with E-state index in [4.69, 9.17) is 0 Å². The first-order valence-corrected chi connectivity index (χ1v) is 6.50. The Bertz CT molecular complexity index is 123. The second kappa shape index (κ2) is 10.1. The number of hydrogen-bond acceptors (Lipinski definition) is 2. The Balaban J connectivity index is 2.87. The third kappa shape index (κ3) is 12.0. The molecule has 0 fully saturated rings. The molecule has 0 N–H and O–H groups in total. The van der Waals surface area contributed by atoms with Crippen LogP contribution in [0.5, 0.6) is 0 Å². The minimum Gasteiger partial charge on any atom is -0.300 e. The second-order valence-corrected chi connectivity index (χ2v) is 4.70. The summed E-state index contributed by atoms with van der Waals surface area (Å²) >= 11 is 1.92. The van der Waals surface area contributed by atoms with Crippen LogP contribution in [0.25, 0.3) is 0 Å². The molecule has 0 aromatic rings. The lowest BCUT2D eigenvalue weighted by molar-refractivity contribution is -0.116. The van der Waals surface area contributed by atoms with Crippen molar-refractivity contribution in [1.82, 2.24) is 0 Å². The van der Waals surface area contributed by atoms with Crippen molar-refractivity contribution in [2.24, 2.45) is 0 Å². The van der Waals surface area contributed by atoms with E-state index in [2.05, 4.69) is 6.92 Å². The molecule has 0 saturated carbocycles. The molecule has 0 aliphatic heterocycles. The van der Waals surface area contributed by atoms with Crippen molar-refractivity contribution in [3.63, 3.8) is 0 Å². The Morgan fingerprint density at radius 3 is 2.38 bits per heavy atom. The molecule has 0 aromatic carbocycles. The minimum atomic E-state index is 0.318. The van der Waals surface area contributed by atoms with Crippen LogP contribution in [0.3, 0.4) is 0 Å². The Kier molecular flexibility index (Phi) is 10.1. The van der Waals surface area contributed by atoms with Crippen LogP contribution < -0.4 is 0 Å². The molecule has 0 rings (SSSR count). The Morgan fingerprint density at radius 1 is 1.08 bits per heavy atom. The number of carbonyl (C=O) groups excluding carboxylic acids is 1. The van der Waals surface area contributed by atoms with E-state index < -0.39 is 0 Å². The first-order chi connectivity index (χ1) is 6.27. The number of hydrogen-bond donors (Lipinski definition) is 0. The van der Waals surface area contributed by atoms with Gasteiger partial charge in [0.15, 0.2) is 0 Å². The molecule has 0 atom stereocenters. The van der Waals surface area contributed by atoms with E-state index in [1.807, 2.05) is 11.8 Å². The first-order valence-electron chi connectivity index (χ1n) is 5.34. The number of thioether (sulfide) groups is 1. The lowest BCUT2D eigenvalue weighted by Gasteiger charge is -1.99. The summed E-state index contributed by atoms with van der Waals surface area (Å²) in [4.78, 5) is 10.6. The van der Waals surface area contributed by atoms with Crippen LogP contribution in [-0.2, 0) is 4.79 Å². The van der Waals surface area contributed by atoms with Crippen molar-refractivity contribution in [2.45, 2.75) is 52.4 Å². The van der Waals surface area contributed by atoms with Crippen molar-refractivity contribution < 1.29 is 4.79 Å². The van der Waals surface area contributed by atoms with Crippen molar-refractivity contribution in [1.29, 1.82) is 0 Å². The lowest BCUT2D eigenvalue weighted by Crippen LogP contribution is -1.92. The average Bonchev–Trinajstić information content (AvgIpc) is 2.09. The molecule has 0 aliphatic rings. The summed E-state index contributed by atoms with van der Waals surface area (Å²) in [7, 11) is 0. The first kappa shape index (κ1) is 13.0. The maximum absolute atomic E-state index is 10.6. The summed E-state index contributed by atoms with van der Waals surface area (Å²) in [5, 5.41) is 0. The van der Waals surface area contributed by atoms with Gasteiger partial charge >= 0.3 is 0 Å². The highest BCUT2D eigenvalue weighted by Crippen LogP contribution is 2.09. The largest absolute Gasteiger partial charge is 0.300 e. The Hall–Kier alpha value is 0.0200. The van der Waals surface area contributed by atoms with Gasteiger partial charge in [0, 0.05) is 12.2 Å². The van der Waals surface area contributed by atoms with Crippen LogP contribution in [0.15, 0.2) is 0 Å². The topological polar surface area (TPSA) is 17.1 Å². The molecule has 0 aromatic heterocycles. The summed E-state index contributed by atoms with van der Waals surface area (Å²) in [5.41, 5.74) is 0. The number of unbranched alkanes of at least 4 members (excludes halogenated alkanes) is 4. The van der Waals surface area contributed by atoms with Crippen molar-refractivity contribution in [3.05, 3.63) is 0 Å². The highest BCUT2D eigenvalue weighted by atomic mass is 32.2. The molecule has 0 radical (unpaired) electrons. The van der Waals surface area contributed by atoms with Gasteiger partial charge in [-0.05, 0) is 19.1 Å². The van der Waals surface area contributed by atoms with Crippen LogP contribution in [0.1, 0.15) is 52.4 Å². The third-order valence-electron chi connectivity index (χ3n) is 1.99. The number of ketones is 1. The molecule has 0 spiro atoms. The van der Waals surface area contributed by atoms with Gasteiger partial charge in [0.05, 0.1) is 0 Å². The highest BCUT2D eigenvalue weighted by Gasteiger charge is 1.94. The zero-order valence-electron chi connectivity index (χ0n) is 8.97. The van der Waals surface area contributed by atoms with Crippen LogP contribution in [0.4, 0.5) is 0 Å². The molecule has 0 unspecified atom stereocenters. The SMILES string of the molecule is CCCCCCCSCCC(C)=O. The Morgan fingerprint density at radius 2 is 1.77 bits per heavy atom. The normalized spacial score (nSPS) is 10.3. The standard InChI is InChI=1S/C11H22OS/c1-3-4-5-6-7-9-13-10-8-11(2)12/h3-10H2,1-2H3. The van der Waals surface area contributed by atoms with E-state index in [-0.39, 0.29) is 0 Å². The van der Waals surface area contributed by atoms with E-state index >= 15 is 0 Å². The molecule has 0 amide bonds. The molecule has 0 aliphatic carbocycles. The van der Waals surface area contributed by atoms with E-state index in [1.54, 1.807) is 6.92 Å². The van der Waals surface area contributed by atoms with Gasteiger partial charge in [-0.25, -0.2) is 0 Å². The average molecular weight is 202 g/mol. The quantitative estimate of drug-likeness (QED) is 0.531. The van der Waals surface area contributed by atoms with E-state index in [1.165, 1.54) is 37.9 Å². The highest BCUT2D eigenvalue weighted by molar-refractivity contribution is 7.99. The van der Waals surface area contributed by atoms with Gasteiger partial charge in [0.2, 0.25) is 0 Å². The molecule has 2 heteroatoms. The van der Waals surface area contributed by atoms with Gasteiger partial charge in [-0.2, -0.15) is 11.8 Å². The molecule has 1 nitrogen and oxygen atoms in total. The maximum Gasteiger partial charge on any atom is 0.130 e. The minimum absolute atomic E-state index is 0.318. The fourth-order valence-corrected chi connectivity index (χ4v) is 2.17. The van der Waals surface area contributed by atoms with Crippen LogP contribution in [0.2, 0.25) is 0 Å². The van der Waals surface area contributed by atoms with Crippen LogP contribution in [0, 0.1) is 0 Å². The zero-order chi connectivity index (χ0) is 9.94. The zero-order valence-corrected chi connectivity index (χ0v) is 9.79. The van der Waals surface area contributed by atoms with Gasteiger partial charge in [0.25, 0.3) is 0 Å². The second-order valence-electron chi connectivity index (χ2n) is 3.48. The van der Waals surface area contributed by atoms with Gasteiger partial charge in [-0.15, -0.1) is 0 Å². The molecular weight excluding hydrogens is 180 g/mol. The smallest absolute Gasteiger partial charge is 0.130 e.